The third-order valence-corrected chi connectivity index (χ3v) is 3.39. The zero-order valence-corrected chi connectivity index (χ0v) is 10.4. The number of aromatic nitrogens is 2. The van der Waals surface area contributed by atoms with Crippen LogP contribution >= 0.6 is 11.3 Å². The van der Waals surface area contributed by atoms with Crippen molar-refractivity contribution in [3.63, 3.8) is 0 Å². The summed E-state index contributed by atoms with van der Waals surface area (Å²) in [6, 6.07) is 4.86. The molecule has 0 unspecified atom stereocenters. The van der Waals surface area contributed by atoms with Gasteiger partial charge in [-0.25, -0.2) is 9.37 Å². The molecule has 3 rings (SSSR count). The molecular formula is C12H10FN3OS. The fraction of sp³-hybridized carbons (Fsp3) is 0.0833. The van der Waals surface area contributed by atoms with Crippen LogP contribution in [0.3, 0.4) is 0 Å². The van der Waals surface area contributed by atoms with E-state index in [4.69, 9.17) is 10.5 Å². The summed E-state index contributed by atoms with van der Waals surface area (Å²) in [5, 5.41) is 3.90. The van der Waals surface area contributed by atoms with Crippen molar-refractivity contribution in [1.29, 1.82) is 0 Å². The number of nitrogens with zero attached hydrogens (tertiary/aromatic N) is 2. The summed E-state index contributed by atoms with van der Waals surface area (Å²) < 4.78 is 20.3. The fourth-order valence-corrected chi connectivity index (χ4v) is 2.53. The molecule has 0 spiro atoms. The Hall–Kier alpha value is -2.08. The van der Waals surface area contributed by atoms with Gasteiger partial charge in [-0.05, 0) is 11.4 Å². The van der Waals surface area contributed by atoms with Crippen molar-refractivity contribution in [3.05, 3.63) is 34.8 Å². The van der Waals surface area contributed by atoms with Gasteiger partial charge >= 0.3 is 0 Å². The minimum atomic E-state index is -0.444. The lowest BCUT2D eigenvalue weighted by molar-refractivity contribution is 0.387. The van der Waals surface area contributed by atoms with E-state index in [1.807, 2.05) is 16.8 Å². The molecule has 2 aromatic heterocycles. The summed E-state index contributed by atoms with van der Waals surface area (Å²) >= 11 is 1.56. The smallest absolute Gasteiger partial charge is 0.205 e. The van der Waals surface area contributed by atoms with E-state index < -0.39 is 5.82 Å². The summed E-state index contributed by atoms with van der Waals surface area (Å²) in [5.74, 6) is 0.0647. The zero-order valence-electron chi connectivity index (χ0n) is 9.55. The van der Waals surface area contributed by atoms with Crippen LogP contribution in [0.15, 0.2) is 29.0 Å². The Bertz CT molecular complexity index is 706. The minimum absolute atomic E-state index is 0.180. The van der Waals surface area contributed by atoms with Crippen LogP contribution < -0.4 is 10.5 Å². The molecule has 18 heavy (non-hydrogen) atoms. The second kappa shape index (κ2) is 3.99. The van der Waals surface area contributed by atoms with Gasteiger partial charge in [0.2, 0.25) is 5.95 Å². The van der Waals surface area contributed by atoms with Crippen LogP contribution in [0.25, 0.3) is 16.7 Å². The molecule has 4 nitrogen and oxygen atoms in total. The van der Waals surface area contributed by atoms with Crippen molar-refractivity contribution in [1.82, 2.24) is 9.55 Å². The van der Waals surface area contributed by atoms with E-state index in [-0.39, 0.29) is 5.75 Å². The van der Waals surface area contributed by atoms with E-state index in [2.05, 4.69) is 4.98 Å². The van der Waals surface area contributed by atoms with Gasteiger partial charge in [-0.3, -0.25) is 4.57 Å². The van der Waals surface area contributed by atoms with Gasteiger partial charge in [0.15, 0.2) is 11.6 Å². The van der Waals surface area contributed by atoms with Crippen molar-refractivity contribution in [2.75, 3.05) is 12.8 Å². The maximum absolute atomic E-state index is 13.6. The van der Waals surface area contributed by atoms with Crippen molar-refractivity contribution in [2.24, 2.45) is 0 Å². The Morgan fingerprint density at radius 3 is 2.94 bits per heavy atom. The van der Waals surface area contributed by atoms with Crippen LogP contribution in [0.5, 0.6) is 5.75 Å². The Balaban J connectivity index is 2.34. The largest absolute Gasteiger partial charge is 0.494 e. The number of fused-ring (bicyclic) bond motifs is 1. The summed E-state index contributed by atoms with van der Waals surface area (Å²) in [6.45, 7) is 0. The van der Waals surface area contributed by atoms with Gasteiger partial charge in [-0.2, -0.15) is 11.3 Å². The van der Waals surface area contributed by atoms with E-state index in [0.29, 0.717) is 11.5 Å². The van der Waals surface area contributed by atoms with Crippen molar-refractivity contribution in [3.8, 4) is 11.4 Å². The summed E-state index contributed by atoms with van der Waals surface area (Å²) in [4.78, 5) is 4.16. The molecule has 2 heterocycles. The third kappa shape index (κ3) is 1.53. The van der Waals surface area contributed by atoms with E-state index in [9.17, 15) is 4.39 Å². The molecule has 2 N–H and O–H groups in total. The second-order valence-electron chi connectivity index (χ2n) is 3.76. The van der Waals surface area contributed by atoms with Gasteiger partial charge in [0.1, 0.15) is 0 Å². The topological polar surface area (TPSA) is 53.1 Å². The number of imidazole rings is 1. The highest BCUT2D eigenvalue weighted by atomic mass is 32.1. The minimum Gasteiger partial charge on any atom is -0.494 e. The van der Waals surface area contributed by atoms with Crippen LogP contribution in [0.1, 0.15) is 0 Å². The SMILES string of the molecule is COc1cc2c(cc1F)nc(N)n2-c1ccsc1. The van der Waals surface area contributed by atoms with Crippen LogP contribution in [0.2, 0.25) is 0 Å². The van der Waals surface area contributed by atoms with Gasteiger partial charge in [0, 0.05) is 17.5 Å². The van der Waals surface area contributed by atoms with Gasteiger partial charge in [-0.1, -0.05) is 0 Å². The lowest BCUT2D eigenvalue weighted by Crippen LogP contribution is -1.99. The van der Waals surface area contributed by atoms with Crippen molar-refractivity contribution in [2.45, 2.75) is 0 Å². The normalized spacial score (nSPS) is 11.0. The Labute approximate surface area is 106 Å². The maximum atomic E-state index is 13.6. The van der Waals surface area contributed by atoms with E-state index >= 15 is 0 Å². The quantitative estimate of drug-likeness (QED) is 0.773. The molecule has 92 valence electrons. The number of methoxy groups -OCH3 is 1. The molecule has 0 radical (unpaired) electrons. The molecule has 0 amide bonds. The van der Waals surface area contributed by atoms with Crippen LogP contribution in [-0.4, -0.2) is 16.7 Å². The van der Waals surface area contributed by atoms with Crippen molar-refractivity contribution < 1.29 is 9.13 Å². The molecule has 0 aliphatic heterocycles. The molecule has 1 aromatic carbocycles. The molecule has 0 fully saturated rings. The Morgan fingerprint density at radius 2 is 2.28 bits per heavy atom. The number of anilines is 1. The van der Waals surface area contributed by atoms with Gasteiger partial charge < -0.3 is 10.5 Å². The first-order chi connectivity index (χ1) is 8.70. The van der Waals surface area contributed by atoms with Gasteiger partial charge in [0.25, 0.3) is 0 Å². The lowest BCUT2D eigenvalue weighted by atomic mass is 10.3. The molecule has 6 heteroatoms. The average Bonchev–Trinajstić information content (AvgIpc) is 2.94. The first-order valence-electron chi connectivity index (χ1n) is 5.24. The number of benzene rings is 1. The van der Waals surface area contributed by atoms with Crippen LogP contribution in [-0.2, 0) is 0 Å². The summed E-state index contributed by atoms with van der Waals surface area (Å²) in [6.07, 6.45) is 0. The highest BCUT2D eigenvalue weighted by molar-refractivity contribution is 7.08. The van der Waals surface area contributed by atoms with Crippen molar-refractivity contribution >= 4 is 28.3 Å². The second-order valence-corrected chi connectivity index (χ2v) is 4.54. The zero-order chi connectivity index (χ0) is 12.7. The van der Waals surface area contributed by atoms with Crippen LogP contribution in [0.4, 0.5) is 10.3 Å². The molecule has 0 aliphatic carbocycles. The number of nitrogens with two attached hydrogens (primary N) is 1. The Morgan fingerprint density at radius 1 is 1.44 bits per heavy atom. The number of nitrogen functional groups attached to an aromatic ring is 1. The Kier molecular flexibility index (Phi) is 2.45. The molecule has 0 aliphatic rings. The monoisotopic (exact) mass is 263 g/mol. The first-order valence-corrected chi connectivity index (χ1v) is 6.19. The molecule has 3 aromatic rings. The molecule has 0 saturated heterocycles. The van der Waals surface area contributed by atoms with Crippen LogP contribution in [0, 0.1) is 5.82 Å². The third-order valence-electron chi connectivity index (χ3n) is 2.72. The van der Waals surface area contributed by atoms with E-state index in [1.54, 1.807) is 22.0 Å². The van der Waals surface area contributed by atoms with E-state index in [1.165, 1.54) is 13.2 Å². The molecule has 0 saturated carbocycles. The number of thiophene rings is 1. The number of halogens is 1. The highest BCUT2D eigenvalue weighted by Crippen LogP contribution is 2.29. The summed E-state index contributed by atoms with van der Waals surface area (Å²) in [5.41, 5.74) is 8.03. The summed E-state index contributed by atoms with van der Waals surface area (Å²) in [7, 11) is 1.43. The standard InChI is InChI=1S/C12H10FN3OS/c1-17-11-5-10-9(4-8(11)13)15-12(14)16(10)7-2-3-18-6-7/h2-6H,1H3,(H2,14,15). The molecule has 0 atom stereocenters. The molecular weight excluding hydrogens is 253 g/mol. The number of rotatable bonds is 2. The predicted octanol–water partition coefficient (Wildman–Crippen LogP) is 2.82. The number of ether oxygens (including phenoxy) is 1. The fourth-order valence-electron chi connectivity index (χ4n) is 1.91. The lowest BCUT2D eigenvalue weighted by Gasteiger charge is -2.05. The maximum Gasteiger partial charge on any atom is 0.205 e. The number of hydrogen-bond acceptors (Lipinski definition) is 4. The predicted molar refractivity (Wildman–Crippen MR) is 69.9 cm³/mol. The van der Waals surface area contributed by atoms with Gasteiger partial charge in [0.05, 0.1) is 23.8 Å². The average molecular weight is 263 g/mol. The highest BCUT2D eigenvalue weighted by Gasteiger charge is 2.14. The molecule has 0 bridgehead atoms. The first kappa shape index (κ1) is 11.0. The number of hydrogen-bond donors (Lipinski definition) is 1. The van der Waals surface area contributed by atoms with E-state index in [0.717, 1.165) is 11.2 Å². The van der Waals surface area contributed by atoms with Gasteiger partial charge in [-0.15, -0.1) is 0 Å².